The molecule has 128 valence electrons. The second-order valence-electron chi connectivity index (χ2n) is 5.85. The molecule has 4 nitrogen and oxygen atoms in total. The second kappa shape index (κ2) is 9.03. The minimum absolute atomic E-state index is 0.0611. The number of rotatable bonds is 8. The van der Waals surface area contributed by atoms with Crippen molar-refractivity contribution in [2.24, 2.45) is 0 Å². The smallest absolute Gasteiger partial charge is 0.279 e. The van der Waals surface area contributed by atoms with Gasteiger partial charge < -0.3 is 15.4 Å². The summed E-state index contributed by atoms with van der Waals surface area (Å²) in [4.78, 5) is 12.0. The normalized spacial score (nSPS) is 10.7. The highest BCUT2D eigenvalue weighted by Gasteiger charge is 2.10. The first-order valence-corrected chi connectivity index (χ1v) is 8.15. The number of nitrogens with one attached hydrogen (secondary N) is 1. The fraction of sp³-hybridized carbons (Fsp3) is 0.316. The highest BCUT2D eigenvalue weighted by molar-refractivity contribution is 5.92. The topological polar surface area (TPSA) is 54.9 Å². The Balaban J connectivity index is 1.71. The van der Waals surface area contributed by atoms with Crippen molar-refractivity contribution in [3.63, 3.8) is 0 Å². The van der Waals surface area contributed by atoms with Gasteiger partial charge in [-0.25, -0.2) is 4.39 Å². The number of anilines is 1. The quantitative estimate of drug-likeness (QED) is 0.730. The van der Waals surface area contributed by atoms with Crippen LogP contribution in [-0.4, -0.2) is 25.6 Å². The lowest BCUT2D eigenvalue weighted by molar-refractivity contribution is -0.644. The number of carbonyl (C=O) groups excluding carboxylic acids is 1. The van der Waals surface area contributed by atoms with Crippen LogP contribution in [0.2, 0.25) is 0 Å². The minimum Gasteiger partial charge on any atom is -0.485 e. The number of para-hydroxylation sites is 2. The van der Waals surface area contributed by atoms with E-state index in [-0.39, 0.29) is 17.5 Å². The van der Waals surface area contributed by atoms with Gasteiger partial charge in [0.2, 0.25) is 0 Å². The lowest BCUT2D eigenvalue weighted by atomic mass is 10.0. The van der Waals surface area contributed by atoms with Crippen LogP contribution in [0.4, 0.5) is 10.1 Å². The van der Waals surface area contributed by atoms with E-state index >= 15 is 0 Å². The molecule has 2 aromatic carbocycles. The van der Waals surface area contributed by atoms with E-state index < -0.39 is 0 Å². The molecule has 0 saturated carbocycles. The van der Waals surface area contributed by atoms with Crippen LogP contribution in [0.1, 0.15) is 25.3 Å². The van der Waals surface area contributed by atoms with Gasteiger partial charge in [-0.3, -0.25) is 4.79 Å². The summed E-state index contributed by atoms with van der Waals surface area (Å²) in [5, 5.41) is 4.78. The van der Waals surface area contributed by atoms with Crippen molar-refractivity contribution >= 4 is 11.6 Å². The van der Waals surface area contributed by atoms with Crippen molar-refractivity contribution in [2.75, 3.05) is 25.0 Å². The minimum atomic E-state index is -0.375. The van der Waals surface area contributed by atoms with E-state index in [1.807, 2.05) is 29.6 Å². The maximum absolute atomic E-state index is 13.4. The number of benzene rings is 2. The van der Waals surface area contributed by atoms with Crippen LogP contribution < -0.4 is 15.4 Å². The Labute approximate surface area is 142 Å². The van der Waals surface area contributed by atoms with Crippen molar-refractivity contribution in [1.29, 1.82) is 0 Å². The summed E-state index contributed by atoms with van der Waals surface area (Å²) in [5.74, 6) is 0.149. The largest absolute Gasteiger partial charge is 0.485 e. The van der Waals surface area contributed by atoms with Gasteiger partial charge in [-0.05, 0) is 29.7 Å². The lowest BCUT2D eigenvalue weighted by Gasteiger charge is -2.13. The summed E-state index contributed by atoms with van der Waals surface area (Å²) < 4.78 is 18.7. The number of amides is 1. The number of carbonyl (C=O) groups is 1. The van der Waals surface area contributed by atoms with Crippen molar-refractivity contribution in [2.45, 2.75) is 19.8 Å². The number of quaternary nitrogens is 1. The zero-order chi connectivity index (χ0) is 17.4. The van der Waals surface area contributed by atoms with Crippen LogP contribution in [0.3, 0.4) is 0 Å². The third-order valence-electron chi connectivity index (χ3n) is 3.60. The first kappa shape index (κ1) is 17.9. The fourth-order valence-electron chi connectivity index (χ4n) is 2.36. The first-order valence-electron chi connectivity index (χ1n) is 8.15. The molecule has 0 aliphatic rings. The Morgan fingerprint density at radius 2 is 1.88 bits per heavy atom. The number of hydrogen-bond donors (Lipinski definition) is 2. The zero-order valence-corrected chi connectivity index (χ0v) is 14.1. The molecule has 0 saturated heterocycles. The predicted octanol–water partition coefficient (Wildman–Crippen LogP) is 2.53. The number of halogens is 1. The average molecular weight is 331 g/mol. The SMILES string of the molecule is CC(C)c1ccccc1NC(=O)C[NH2+]CCOc1ccccc1F. The summed E-state index contributed by atoms with van der Waals surface area (Å²) in [6, 6.07) is 14.1. The van der Waals surface area contributed by atoms with E-state index in [1.165, 1.54) is 6.07 Å². The molecule has 0 heterocycles. The van der Waals surface area contributed by atoms with Crippen LogP contribution in [0.5, 0.6) is 5.75 Å². The Kier molecular flexibility index (Phi) is 6.75. The van der Waals surface area contributed by atoms with Gasteiger partial charge in [-0.15, -0.1) is 0 Å². The second-order valence-corrected chi connectivity index (χ2v) is 5.85. The van der Waals surface area contributed by atoms with Crippen LogP contribution in [0, 0.1) is 5.82 Å². The molecule has 2 aromatic rings. The van der Waals surface area contributed by atoms with E-state index in [1.54, 1.807) is 18.2 Å². The van der Waals surface area contributed by atoms with Gasteiger partial charge in [0.25, 0.3) is 5.91 Å². The number of hydrogen-bond acceptors (Lipinski definition) is 2. The summed E-state index contributed by atoms with van der Waals surface area (Å²) in [5.41, 5.74) is 1.97. The van der Waals surface area contributed by atoms with Gasteiger partial charge in [0.1, 0.15) is 13.2 Å². The molecule has 0 atom stereocenters. The van der Waals surface area contributed by atoms with Crippen molar-refractivity contribution in [3.05, 3.63) is 59.9 Å². The molecular formula is C19H24FN2O2+. The number of nitrogens with two attached hydrogens (primary N) is 1. The molecule has 5 heteroatoms. The van der Waals surface area contributed by atoms with E-state index in [0.717, 1.165) is 11.3 Å². The lowest BCUT2D eigenvalue weighted by Crippen LogP contribution is -2.87. The third-order valence-corrected chi connectivity index (χ3v) is 3.60. The summed E-state index contributed by atoms with van der Waals surface area (Å²) >= 11 is 0. The summed E-state index contributed by atoms with van der Waals surface area (Å²) in [6.45, 7) is 5.41. The maximum Gasteiger partial charge on any atom is 0.279 e. The summed E-state index contributed by atoms with van der Waals surface area (Å²) in [7, 11) is 0. The molecule has 0 bridgehead atoms. The van der Waals surface area contributed by atoms with Crippen molar-refractivity contribution < 1.29 is 19.2 Å². The summed E-state index contributed by atoms with van der Waals surface area (Å²) in [6.07, 6.45) is 0. The molecule has 0 radical (unpaired) electrons. The molecule has 3 N–H and O–H groups in total. The maximum atomic E-state index is 13.4. The monoisotopic (exact) mass is 331 g/mol. The predicted molar refractivity (Wildman–Crippen MR) is 92.7 cm³/mol. The highest BCUT2D eigenvalue weighted by atomic mass is 19.1. The molecule has 0 aromatic heterocycles. The molecule has 0 aliphatic carbocycles. The number of ether oxygens (including phenoxy) is 1. The molecule has 24 heavy (non-hydrogen) atoms. The zero-order valence-electron chi connectivity index (χ0n) is 14.1. The average Bonchev–Trinajstić information content (AvgIpc) is 2.56. The molecule has 0 unspecified atom stereocenters. The fourth-order valence-corrected chi connectivity index (χ4v) is 2.36. The molecule has 0 fully saturated rings. The first-order chi connectivity index (χ1) is 11.6. The molecule has 2 rings (SSSR count). The Morgan fingerprint density at radius 3 is 2.62 bits per heavy atom. The van der Waals surface area contributed by atoms with Gasteiger partial charge in [0.05, 0.1) is 0 Å². The highest BCUT2D eigenvalue weighted by Crippen LogP contribution is 2.23. The van der Waals surface area contributed by atoms with Crippen molar-refractivity contribution in [1.82, 2.24) is 0 Å². The Bertz CT molecular complexity index is 674. The molecule has 0 spiro atoms. The molecule has 0 aliphatic heterocycles. The van der Waals surface area contributed by atoms with E-state index in [9.17, 15) is 9.18 Å². The van der Waals surface area contributed by atoms with Crippen molar-refractivity contribution in [3.8, 4) is 5.75 Å². The van der Waals surface area contributed by atoms with E-state index in [2.05, 4.69) is 19.2 Å². The Hall–Kier alpha value is -2.40. The van der Waals surface area contributed by atoms with Gasteiger partial charge in [0.15, 0.2) is 18.1 Å². The van der Waals surface area contributed by atoms with Crippen LogP contribution >= 0.6 is 0 Å². The van der Waals surface area contributed by atoms with Crippen LogP contribution in [-0.2, 0) is 4.79 Å². The van der Waals surface area contributed by atoms with Gasteiger partial charge in [-0.1, -0.05) is 44.2 Å². The van der Waals surface area contributed by atoms with Crippen LogP contribution in [0.25, 0.3) is 0 Å². The van der Waals surface area contributed by atoms with Gasteiger partial charge in [-0.2, -0.15) is 0 Å². The third kappa shape index (κ3) is 5.35. The Morgan fingerprint density at radius 1 is 1.17 bits per heavy atom. The van der Waals surface area contributed by atoms with Gasteiger partial charge >= 0.3 is 0 Å². The van der Waals surface area contributed by atoms with E-state index in [0.29, 0.717) is 25.6 Å². The van der Waals surface area contributed by atoms with E-state index in [4.69, 9.17) is 4.74 Å². The molecular weight excluding hydrogens is 307 g/mol. The standard InChI is InChI=1S/C19H23FN2O2/c1-14(2)15-7-3-5-9-17(15)22-19(23)13-21-11-12-24-18-10-6-4-8-16(18)20/h3-10,14,21H,11-13H2,1-2H3,(H,22,23)/p+1. The molecule has 1 amide bonds. The van der Waals surface area contributed by atoms with Crippen LogP contribution in [0.15, 0.2) is 48.5 Å². The van der Waals surface area contributed by atoms with Gasteiger partial charge in [0, 0.05) is 5.69 Å².